The minimum Gasteiger partial charge on any atom is -0.357 e. The van der Waals surface area contributed by atoms with Gasteiger partial charge in [0.2, 0.25) is 5.95 Å². The summed E-state index contributed by atoms with van der Waals surface area (Å²) in [6, 6.07) is 9.17. The molecule has 0 aliphatic rings. The van der Waals surface area contributed by atoms with Crippen LogP contribution >= 0.6 is 15.9 Å². The van der Waals surface area contributed by atoms with Crippen LogP contribution in [-0.2, 0) is 0 Å². The highest BCUT2D eigenvalue weighted by Gasteiger charge is 2.03. The minimum atomic E-state index is 0.546. The van der Waals surface area contributed by atoms with Crippen molar-refractivity contribution >= 4 is 33.4 Å². The van der Waals surface area contributed by atoms with Crippen molar-refractivity contribution in [2.45, 2.75) is 0 Å². The fraction of sp³-hybridized carbons (Fsp3) is 0.0833. The third-order valence-corrected chi connectivity index (χ3v) is 2.90. The van der Waals surface area contributed by atoms with E-state index in [1.54, 1.807) is 31.4 Å². The molecular formula is C12H10BrN5. The molecule has 0 saturated carbocycles. The van der Waals surface area contributed by atoms with Gasteiger partial charge in [0.1, 0.15) is 5.82 Å². The molecular weight excluding hydrogens is 294 g/mol. The number of halogens is 1. The molecule has 0 radical (unpaired) electrons. The predicted octanol–water partition coefficient (Wildman–Crippen LogP) is 2.90. The second-order valence-corrected chi connectivity index (χ2v) is 4.30. The average molecular weight is 304 g/mol. The van der Waals surface area contributed by atoms with E-state index >= 15 is 0 Å². The molecule has 0 amide bonds. The van der Waals surface area contributed by atoms with Crippen molar-refractivity contribution in [1.82, 2.24) is 9.97 Å². The second-order valence-electron chi connectivity index (χ2n) is 3.45. The second kappa shape index (κ2) is 5.47. The van der Waals surface area contributed by atoms with Gasteiger partial charge in [0, 0.05) is 17.7 Å². The minimum absolute atomic E-state index is 0.546. The number of nitriles is 1. The molecule has 0 saturated heterocycles. The van der Waals surface area contributed by atoms with Crippen LogP contribution in [0.2, 0.25) is 0 Å². The maximum absolute atomic E-state index is 8.79. The summed E-state index contributed by atoms with van der Waals surface area (Å²) in [4.78, 5) is 8.28. The van der Waals surface area contributed by atoms with E-state index in [4.69, 9.17) is 5.26 Å². The highest BCUT2D eigenvalue weighted by molar-refractivity contribution is 9.10. The number of rotatable bonds is 3. The molecule has 5 nitrogen and oxygen atoms in total. The lowest BCUT2D eigenvalue weighted by Gasteiger charge is -2.08. The summed E-state index contributed by atoms with van der Waals surface area (Å²) in [5.41, 5.74) is 1.45. The van der Waals surface area contributed by atoms with Gasteiger partial charge in [0.05, 0.1) is 17.3 Å². The van der Waals surface area contributed by atoms with Crippen LogP contribution in [0.25, 0.3) is 0 Å². The van der Waals surface area contributed by atoms with Crippen LogP contribution in [0.4, 0.5) is 17.5 Å². The van der Waals surface area contributed by atoms with Gasteiger partial charge in [-0.25, -0.2) is 4.98 Å². The SMILES string of the molecule is CNc1nccc(Nc2ccc(C#N)cc2Br)n1. The molecule has 0 unspecified atom stereocenters. The number of benzene rings is 1. The summed E-state index contributed by atoms with van der Waals surface area (Å²) in [6.07, 6.45) is 1.67. The van der Waals surface area contributed by atoms with Gasteiger partial charge in [-0.05, 0) is 40.2 Å². The Bertz CT molecular complexity index is 606. The predicted molar refractivity (Wildman–Crippen MR) is 73.7 cm³/mol. The van der Waals surface area contributed by atoms with Crippen molar-refractivity contribution < 1.29 is 0 Å². The Morgan fingerprint density at radius 1 is 1.33 bits per heavy atom. The standard InChI is InChI=1S/C12H10BrN5/c1-15-12-16-5-4-11(18-12)17-10-3-2-8(7-14)6-9(10)13/h2-6H,1H3,(H2,15,16,17,18). The Labute approximate surface area is 113 Å². The Balaban J connectivity index is 2.26. The van der Waals surface area contributed by atoms with Gasteiger partial charge in [0.25, 0.3) is 0 Å². The zero-order valence-corrected chi connectivity index (χ0v) is 11.2. The normalized spacial score (nSPS) is 9.61. The van der Waals surface area contributed by atoms with Gasteiger partial charge < -0.3 is 10.6 Å². The molecule has 0 aliphatic carbocycles. The van der Waals surface area contributed by atoms with E-state index in [0.717, 1.165) is 10.2 Å². The fourth-order valence-corrected chi connectivity index (χ4v) is 1.85. The van der Waals surface area contributed by atoms with E-state index in [0.29, 0.717) is 17.3 Å². The van der Waals surface area contributed by atoms with Crippen LogP contribution in [-0.4, -0.2) is 17.0 Å². The summed E-state index contributed by atoms with van der Waals surface area (Å²) in [5, 5.41) is 14.8. The maximum Gasteiger partial charge on any atom is 0.224 e. The molecule has 1 aromatic heterocycles. The van der Waals surface area contributed by atoms with Gasteiger partial charge in [-0.1, -0.05) is 0 Å². The van der Waals surface area contributed by atoms with Gasteiger partial charge in [-0.15, -0.1) is 0 Å². The Kier molecular flexibility index (Phi) is 3.75. The van der Waals surface area contributed by atoms with E-state index in [1.807, 2.05) is 6.07 Å². The van der Waals surface area contributed by atoms with Gasteiger partial charge in [0.15, 0.2) is 0 Å². The molecule has 2 rings (SSSR count). The molecule has 18 heavy (non-hydrogen) atoms. The van der Waals surface area contributed by atoms with Crippen LogP contribution in [0.5, 0.6) is 0 Å². The number of hydrogen-bond donors (Lipinski definition) is 2. The Hall–Kier alpha value is -2.13. The lowest BCUT2D eigenvalue weighted by molar-refractivity contribution is 1.15. The first-order valence-corrected chi connectivity index (χ1v) is 5.99. The van der Waals surface area contributed by atoms with E-state index in [2.05, 4.69) is 42.6 Å². The highest BCUT2D eigenvalue weighted by Crippen LogP contribution is 2.26. The number of anilines is 3. The highest BCUT2D eigenvalue weighted by atomic mass is 79.9. The molecule has 1 heterocycles. The zero-order chi connectivity index (χ0) is 13.0. The molecule has 2 aromatic rings. The Morgan fingerprint density at radius 2 is 2.17 bits per heavy atom. The Morgan fingerprint density at radius 3 is 2.83 bits per heavy atom. The molecule has 0 aliphatic heterocycles. The van der Waals surface area contributed by atoms with Crippen molar-refractivity contribution in [2.24, 2.45) is 0 Å². The summed E-state index contributed by atoms with van der Waals surface area (Å²) in [6.45, 7) is 0. The summed E-state index contributed by atoms with van der Waals surface area (Å²) in [7, 11) is 1.76. The van der Waals surface area contributed by atoms with Gasteiger partial charge >= 0.3 is 0 Å². The molecule has 2 N–H and O–H groups in total. The lowest BCUT2D eigenvalue weighted by atomic mass is 10.2. The maximum atomic E-state index is 8.79. The summed E-state index contributed by atoms with van der Waals surface area (Å²) < 4.78 is 0.811. The van der Waals surface area contributed by atoms with E-state index in [-0.39, 0.29) is 0 Å². The van der Waals surface area contributed by atoms with Crippen LogP contribution < -0.4 is 10.6 Å². The number of nitrogens with zero attached hydrogens (tertiary/aromatic N) is 3. The van der Waals surface area contributed by atoms with Gasteiger partial charge in [-0.2, -0.15) is 10.2 Å². The van der Waals surface area contributed by atoms with E-state index in [1.165, 1.54) is 0 Å². The quantitative estimate of drug-likeness (QED) is 0.912. The molecule has 0 atom stereocenters. The van der Waals surface area contributed by atoms with Crippen molar-refractivity contribution in [3.63, 3.8) is 0 Å². The first-order chi connectivity index (χ1) is 8.72. The van der Waals surface area contributed by atoms with Crippen molar-refractivity contribution in [3.8, 4) is 6.07 Å². The molecule has 90 valence electrons. The molecule has 0 spiro atoms. The molecule has 1 aromatic carbocycles. The topological polar surface area (TPSA) is 73.6 Å². The van der Waals surface area contributed by atoms with Crippen molar-refractivity contribution in [3.05, 3.63) is 40.5 Å². The van der Waals surface area contributed by atoms with Crippen molar-refractivity contribution in [2.75, 3.05) is 17.7 Å². The zero-order valence-electron chi connectivity index (χ0n) is 9.61. The fourth-order valence-electron chi connectivity index (χ4n) is 1.37. The molecule has 0 fully saturated rings. The largest absolute Gasteiger partial charge is 0.357 e. The van der Waals surface area contributed by atoms with Crippen molar-refractivity contribution in [1.29, 1.82) is 5.26 Å². The van der Waals surface area contributed by atoms with Crippen LogP contribution in [0.3, 0.4) is 0 Å². The van der Waals surface area contributed by atoms with Crippen LogP contribution in [0, 0.1) is 11.3 Å². The average Bonchev–Trinajstić information content (AvgIpc) is 2.41. The van der Waals surface area contributed by atoms with E-state index < -0.39 is 0 Å². The third-order valence-electron chi connectivity index (χ3n) is 2.24. The van der Waals surface area contributed by atoms with Gasteiger partial charge in [-0.3, -0.25) is 0 Å². The first kappa shape index (κ1) is 12.3. The van der Waals surface area contributed by atoms with E-state index in [9.17, 15) is 0 Å². The molecule has 0 bridgehead atoms. The number of aromatic nitrogens is 2. The van der Waals surface area contributed by atoms with Crippen LogP contribution in [0.15, 0.2) is 34.9 Å². The number of hydrogen-bond acceptors (Lipinski definition) is 5. The monoisotopic (exact) mass is 303 g/mol. The first-order valence-electron chi connectivity index (χ1n) is 5.20. The third kappa shape index (κ3) is 2.76. The lowest BCUT2D eigenvalue weighted by Crippen LogP contribution is -2.00. The molecule has 6 heteroatoms. The smallest absolute Gasteiger partial charge is 0.224 e. The van der Waals surface area contributed by atoms with Crippen LogP contribution in [0.1, 0.15) is 5.56 Å². The summed E-state index contributed by atoms with van der Waals surface area (Å²) in [5.74, 6) is 1.23. The summed E-state index contributed by atoms with van der Waals surface area (Å²) >= 11 is 3.41. The number of nitrogens with one attached hydrogen (secondary N) is 2.